The van der Waals surface area contributed by atoms with Crippen LogP contribution in [0.5, 0.6) is 5.75 Å². The van der Waals surface area contributed by atoms with E-state index < -0.39 is 5.56 Å². The molecule has 0 spiro atoms. The van der Waals surface area contributed by atoms with Gasteiger partial charge in [-0.05, 0) is 6.92 Å². The van der Waals surface area contributed by atoms with Gasteiger partial charge in [-0.25, -0.2) is 4.68 Å². The molecule has 1 rings (SSSR count). The van der Waals surface area contributed by atoms with E-state index in [2.05, 4.69) is 0 Å². The van der Waals surface area contributed by atoms with E-state index in [4.69, 9.17) is 10.9 Å². The Hall–Kier alpha value is -1.45. The lowest BCUT2D eigenvalue weighted by Gasteiger charge is -2.00. The topological polar surface area (TPSA) is 68.2 Å². The van der Waals surface area contributed by atoms with Crippen LogP contribution in [-0.4, -0.2) is 9.78 Å². The van der Waals surface area contributed by atoms with Gasteiger partial charge in [0.15, 0.2) is 0 Å². The third-order valence-electron chi connectivity index (χ3n) is 1.25. The van der Waals surface area contributed by atoms with Crippen LogP contribution >= 0.6 is 0 Å². The summed E-state index contributed by atoms with van der Waals surface area (Å²) in [5.41, 5.74) is 0.127. The second-order valence-corrected chi connectivity index (χ2v) is 2.06. The number of hydrogen-bond acceptors (Lipinski definition) is 3. The van der Waals surface area contributed by atoms with Crippen molar-refractivity contribution in [3.05, 3.63) is 28.2 Å². The molecule has 0 aromatic carbocycles. The molecule has 1 aromatic heterocycles. The highest BCUT2D eigenvalue weighted by atomic mass is 16.3. The Balaban J connectivity index is 3.46. The Kier molecular flexibility index (Phi) is 1.37. The van der Waals surface area contributed by atoms with Gasteiger partial charge in [-0.2, -0.15) is 0 Å². The van der Waals surface area contributed by atoms with Crippen molar-refractivity contribution in [3.8, 4) is 5.75 Å². The molecule has 0 radical (unpaired) electrons. The summed E-state index contributed by atoms with van der Waals surface area (Å²) in [6.07, 6.45) is 0. The molecule has 0 saturated carbocycles. The SMILES string of the molecule is Cc1cc(O)cc(=O)n1N. The predicted molar refractivity (Wildman–Crippen MR) is 37.3 cm³/mol. The summed E-state index contributed by atoms with van der Waals surface area (Å²) < 4.78 is 0.972. The van der Waals surface area contributed by atoms with E-state index >= 15 is 0 Å². The zero-order valence-electron chi connectivity index (χ0n) is 5.53. The van der Waals surface area contributed by atoms with Crippen LogP contribution in [0.3, 0.4) is 0 Å². The molecular formula is C6H8N2O2. The molecule has 0 saturated heterocycles. The second kappa shape index (κ2) is 2.06. The average molecular weight is 140 g/mol. The van der Waals surface area contributed by atoms with Gasteiger partial charge < -0.3 is 10.9 Å². The first-order valence-electron chi connectivity index (χ1n) is 2.79. The molecule has 10 heavy (non-hydrogen) atoms. The van der Waals surface area contributed by atoms with Crippen molar-refractivity contribution in [1.82, 2.24) is 4.68 Å². The Morgan fingerprint density at radius 2 is 2.20 bits per heavy atom. The molecule has 4 heteroatoms. The summed E-state index contributed by atoms with van der Waals surface area (Å²) in [7, 11) is 0. The van der Waals surface area contributed by atoms with Gasteiger partial charge in [0.05, 0.1) is 0 Å². The number of rotatable bonds is 0. The molecule has 0 unspecified atom stereocenters. The van der Waals surface area contributed by atoms with Crippen LogP contribution in [0.15, 0.2) is 16.9 Å². The maximum absolute atomic E-state index is 10.7. The molecule has 1 heterocycles. The monoisotopic (exact) mass is 140 g/mol. The maximum Gasteiger partial charge on any atom is 0.272 e. The van der Waals surface area contributed by atoms with E-state index in [-0.39, 0.29) is 5.75 Å². The van der Waals surface area contributed by atoms with E-state index in [1.165, 1.54) is 6.07 Å². The Labute approximate surface area is 57.5 Å². The van der Waals surface area contributed by atoms with Crippen LogP contribution < -0.4 is 11.4 Å². The molecule has 0 fully saturated rings. The molecule has 0 aliphatic carbocycles. The van der Waals surface area contributed by atoms with Crippen molar-refractivity contribution in [2.24, 2.45) is 0 Å². The van der Waals surface area contributed by atoms with Crippen molar-refractivity contribution in [2.75, 3.05) is 5.84 Å². The van der Waals surface area contributed by atoms with E-state index in [1.54, 1.807) is 6.92 Å². The third-order valence-corrected chi connectivity index (χ3v) is 1.25. The highest BCUT2D eigenvalue weighted by Gasteiger charge is 1.96. The molecule has 0 aliphatic rings. The maximum atomic E-state index is 10.7. The first-order chi connectivity index (χ1) is 4.61. The molecule has 0 amide bonds. The van der Waals surface area contributed by atoms with E-state index in [0.717, 1.165) is 10.7 Å². The van der Waals surface area contributed by atoms with Gasteiger partial charge in [0.25, 0.3) is 5.56 Å². The van der Waals surface area contributed by atoms with Crippen molar-refractivity contribution in [1.29, 1.82) is 0 Å². The molecule has 54 valence electrons. The quantitative estimate of drug-likeness (QED) is 0.481. The number of hydrogen-bond donors (Lipinski definition) is 2. The van der Waals surface area contributed by atoms with Gasteiger partial charge in [0.1, 0.15) is 5.75 Å². The largest absolute Gasteiger partial charge is 0.508 e. The van der Waals surface area contributed by atoms with Crippen LogP contribution in [-0.2, 0) is 0 Å². The highest BCUT2D eigenvalue weighted by molar-refractivity contribution is 5.21. The number of aryl methyl sites for hydroxylation is 1. The molecule has 0 bridgehead atoms. The predicted octanol–water partition coefficient (Wildman–Crippen LogP) is -0.424. The van der Waals surface area contributed by atoms with Crippen molar-refractivity contribution < 1.29 is 5.11 Å². The fourth-order valence-electron chi connectivity index (χ4n) is 0.695. The smallest absolute Gasteiger partial charge is 0.272 e. The fourth-order valence-corrected chi connectivity index (χ4v) is 0.695. The normalized spacial score (nSPS) is 9.70. The number of nitrogens with two attached hydrogens (primary N) is 1. The average Bonchev–Trinajstić information content (AvgIpc) is 1.82. The van der Waals surface area contributed by atoms with Crippen LogP contribution in [0.4, 0.5) is 0 Å². The van der Waals surface area contributed by atoms with E-state index in [9.17, 15) is 4.79 Å². The minimum Gasteiger partial charge on any atom is -0.508 e. The van der Waals surface area contributed by atoms with Gasteiger partial charge in [0, 0.05) is 17.8 Å². The van der Waals surface area contributed by atoms with Crippen LogP contribution in [0.2, 0.25) is 0 Å². The Morgan fingerprint density at radius 1 is 1.60 bits per heavy atom. The minimum atomic E-state index is -0.405. The number of pyridine rings is 1. The van der Waals surface area contributed by atoms with Gasteiger partial charge >= 0.3 is 0 Å². The summed E-state index contributed by atoms with van der Waals surface area (Å²) in [6.45, 7) is 1.64. The Morgan fingerprint density at radius 3 is 2.70 bits per heavy atom. The lowest BCUT2D eigenvalue weighted by Crippen LogP contribution is -2.27. The summed E-state index contributed by atoms with van der Waals surface area (Å²) in [4.78, 5) is 10.7. The molecule has 4 nitrogen and oxygen atoms in total. The fraction of sp³-hybridized carbons (Fsp3) is 0.167. The second-order valence-electron chi connectivity index (χ2n) is 2.06. The van der Waals surface area contributed by atoms with Gasteiger partial charge in [0.2, 0.25) is 0 Å². The molecule has 3 N–H and O–H groups in total. The zero-order chi connectivity index (χ0) is 7.72. The lowest BCUT2D eigenvalue weighted by atomic mass is 10.3. The lowest BCUT2D eigenvalue weighted by molar-refractivity contribution is 0.471. The number of nitrogens with zero attached hydrogens (tertiary/aromatic N) is 1. The van der Waals surface area contributed by atoms with Gasteiger partial charge in [-0.3, -0.25) is 4.79 Å². The summed E-state index contributed by atoms with van der Waals surface area (Å²) >= 11 is 0. The van der Waals surface area contributed by atoms with E-state index in [1.807, 2.05) is 0 Å². The molecule has 0 aliphatic heterocycles. The van der Waals surface area contributed by atoms with Crippen LogP contribution in [0, 0.1) is 6.92 Å². The highest BCUT2D eigenvalue weighted by Crippen LogP contribution is 2.03. The first kappa shape index (κ1) is 6.67. The van der Waals surface area contributed by atoms with Gasteiger partial charge in [-0.1, -0.05) is 0 Å². The van der Waals surface area contributed by atoms with Gasteiger partial charge in [-0.15, -0.1) is 0 Å². The molecular weight excluding hydrogens is 132 g/mol. The number of nitrogen functional groups attached to an aromatic ring is 1. The molecule has 0 atom stereocenters. The van der Waals surface area contributed by atoms with Crippen molar-refractivity contribution in [2.45, 2.75) is 6.92 Å². The summed E-state index contributed by atoms with van der Waals surface area (Å²) in [6, 6.07) is 2.48. The first-order valence-corrected chi connectivity index (χ1v) is 2.79. The minimum absolute atomic E-state index is 0.0517. The number of aromatic nitrogens is 1. The Bertz CT molecular complexity index is 303. The molecule has 1 aromatic rings. The van der Waals surface area contributed by atoms with Crippen LogP contribution in [0.25, 0.3) is 0 Å². The van der Waals surface area contributed by atoms with Crippen molar-refractivity contribution >= 4 is 0 Å². The summed E-state index contributed by atoms with van der Waals surface area (Å²) in [5, 5.41) is 8.85. The third kappa shape index (κ3) is 0.953. The standard InChI is InChI=1S/C6H8N2O2/c1-4-2-5(9)3-6(10)8(4)7/h2-3,9H,7H2,1H3. The van der Waals surface area contributed by atoms with Crippen molar-refractivity contribution in [3.63, 3.8) is 0 Å². The van der Waals surface area contributed by atoms with Crippen LogP contribution in [0.1, 0.15) is 5.69 Å². The zero-order valence-corrected chi connectivity index (χ0v) is 5.53. The number of aromatic hydroxyl groups is 1. The van der Waals surface area contributed by atoms with E-state index in [0.29, 0.717) is 5.69 Å². The summed E-state index contributed by atoms with van der Waals surface area (Å²) in [5.74, 6) is 5.19.